The Labute approximate surface area is 102 Å². The van der Waals surface area contributed by atoms with E-state index in [1.807, 2.05) is 6.92 Å². The topological polar surface area (TPSA) is 58.6 Å². The van der Waals surface area contributed by atoms with E-state index in [4.69, 9.17) is 21.4 Å². The van der Waals surface area contributed by atoms with E-state index in [1.54, 1.807) is 20.8 Å². The van der Waals surface area contributed by atoms with Crippen LogP contribution in [0.15, 0.2) is 0 Å². The van der Waals surface area contributed by atoms with Gasteiger partial charge in [-0.1, -0.05) is 6.92 Å². The molecule has 0 spiro atoms. The summed E-state index contributed by atoms with van der Waals surface area (Å²) in [4.78, 5) is 11.4. The van der Waals surface area contributed by atoms with Crippen LogP contribution in [-0.4, -0.2) is 35.3 Å². The third-order valence-corrected chi connectivity index (χ3v) is 2.42. The molecule has 0 aliphatic rings. The third-order valence-electron chi connectivity index (χ3n) is 1.89. The Bertz CT molecular complexity index is 216. The zero-order chi connectivity index (χ0) is 12.8. The molecule has 2 N–H and O–H groups in total. The van der Waals surface area contributed by atoms with Gasteiger partial charge in [0.1, 0.15) is 5.60 Å². The van der Waals surface area contributed by atoms with Gasteiger partial charge in [-0.2, -0.15) is 0 Å². The maximum absolute atomic E-state index is 11.4. The molecule has 0 unspecified atom stereocenters. The molecule has 1 amide bonds. The summed E-state index contributed by atoms with van der Waals surface area (Å²) in [6.07, 6.45) is 0.132. The van der Waals surface area contributed by atoms with Gasteiger partial charge in [-0.15, -0.1) is 11.6 Å². The van der Waals surface area contributed by atoms with Crippen LogP contribution < -0.4 is 5.32 Å². The summed E-state index contributed by atoms with van der Waals surface area (Å²) in [5, 5.41) is 11.7. The van der Waals surface area contributed by atoms with Gasteiger partial charge in [0.2, 0.25) is 0 Å². The molecule has 0 bridgehead atoms. The maximum atomic E-state index is 11.4. The van der Waals surface area contributed by atoms with Gasteiger partial charge in [0, 0.05) is 5.88 Å². The number of hydrogen-bond acceptors (Lipinski definition) is 3. The van der Waals surface area contributed by atoms with E-state index in [0.29, 0.717) is 12.3 Å². The molecule has 0 aromatic rings. The van der Waals surface area contributed by atoms with Crippen LogP contribution in [0.5, 0.6) is 0 Å². The number of halogens is 1. The molecule has 0 heterocycles. The standard InChI is InChI=1S/C11H22ClNO3/c1-8(6-12)5-9(7-14)13-10(15)16-11(2,3)4/h8-9,14H,5-7H2,1-4H3,(H,13,15)/t8-,9+/m1/s1. The molecule has 0 fully saturated rings. The van der Waals surface area contributed by atoms with Crippen LogP contribution in [0.4, 0.5) is 4.79 Å². The predicted molar refractivity (Wildman–Crippen MR) is 64.7 cm³/mol. The number of amides is 1. The average molecular weight is 252 g/mol. The van der Waals surface area contributed by atoms with Crippen LogP contribution in [0.25, 0.3) is 0 Å². The lowest BCUT2D eigenvalue weighted by molar-refractivity contribution is 0.0474. The number of carbonyl (C=O) groups is 1. The van der Waals surface area contributed by atoms with Crippen LogP contribution in [0.2, 0.25) is 0 Å². The zero-order valence-corrected chi connectivity index (χ0v) is 11.2. The fourth-order valence-electron chi connectivity index (χ4n) is 1.20. The molecule has 0 aliphatic heterocycles. The minimum atomic E-state index is -0.526. The Morgan fingerprint density at radius 2 is 2.06 bits per heavy atom. The number of nitrogens with one attached hydrogen (secondary N) is 1. The lowest BCUT2D eigenvalue weighted by Gasteiger charge is -2.23. The second kappa shape index (κ2) is 6.97. The van der Waals surface area contributed by atoms with E-state index in [2.05, 4.69) is 5.32 Å². The van der Waals surface area contributed by atoms with Crippen molar-refractivity contribution in [1.82, 2.24) is 5.32 Å². The number of rotatable bonds is 5. The molecule has 4 nitrogen and oxygen atoms in total. The molecule has 0 rings (SSSR count). The second-order valence-corrected chi connectivity index (χ2v) is 5.33. The van der Waals surface area contributed by atoms with Crippen LogP contribution in [0.1, 0.15) is 34.1 Å². The molecular weight excluding hydrogens is 230 g/mol. The van der Waals surface area contributed by atoms with Crippen LogP contribution >= 0.6 is 11.6 Å². The summed E-state index contributed by atoms with van der Waals surface area (Å²) < 4.78 is 5.09. The molecule has 5 heteroatoms. The van der Waals surface area contributed by atoms with Gasteiger partial charge >= 0.3 is 6.09 Å². The molecule has 0 aromatic carbocycles. The molecule has 0 radical (unpaired) electrons. The highest BCUT2D eigenvalue weighted by Gasteiger charge is 2.20. The Hall–Kier alpha value is -0.480. The molecule has 0 aliphatic carbocycles. The molecule has 16 heavy (non-hydrogen) atoms. The SMILES string of the molecule is C[C@@H](CCl)C[C@@H](CO)NC(=O)OC(C)(C)C. The highest BCUT2D eigenvalue weighted by Crippen LogP contribution is 2.10. The first-order valence-electron chi connectivity index (χ1n) is 5.44. The monoisotopic (exact) mass is 251 g/mol. The Morgan fingerprint density at radius 3 is 2.44 bits per heavy atom. The minimum Gasteiger partial charge on any atom is -0.444 e. The quantitative estimate of drug-likeness (QED) is 0.736. The van der Waals surface area contributed by atoms with Crippen molar-refractivity contribution >= 4 is 17.7 Å². The van der Waals surface area contributed by atoms with Gasteiger partial charge in [-0.05, 0) is 33.1 Å². The number of alkyl halides is 1. The number of carbonyl (C=O) groups excluding carboxylic acids is 1. The van der Waals surface area contributed by atoms with E-state index >= 15 is 0 Å². The van der Waals surface area contributed by atoms with Gasteiger partial charge in [0.15, 0.2) is 0 Å². The van der Waals surface area contributed by atoms with E-state index < -0.39 is 11.7 Å². The van der Waals surface area contributed by atoms with Crippen LogP contribution in [0, 0.1) is 5.92 Å². The number of ether oxygens (including phenoxy) is 1. The zero-order valence-electron chi connectivity index (χ0n) is 10.4. The normalized spacial score (nSPS) is 15.4. The molecule has 96 valence electrons. The van der Waals surface area contributed by atoms with Crippen LogP contribution in [0.3, 0.4) is 0 Å². The number of alkyl carbamates (subject to hydrolysis) is 1. The van der Waals surface area contributed by atoms with Crippen molar-refractivity contribution in [2.24, 2.45) is 5.92 Å². The number of aliphatic hydroxyl groups is 1. The van der Waals surface area contributed by atoms with Crippen molar-refractivity contribution in [2.75, 3.05) is 12.5 Å². The summed E-state index contributed by atoms with van der Waals surface area (Å²) in [6.45, 7) is 7.23. The van der Waals surface area contributed by atoms with Gasteiger partial charge in [0.25, 0.3) is 0 Å². The molecule has 0 saturated carbocycles. The van der Waals surface area contributed by atoms with Crippen molar-refractivity contribution in [3.8, 4) is 0 Å². The molecular formula is C11H22ClNO3. The first-order chi connectivity index (χ1) is 7.28. The predicted octanol–water partition coefficient (Wildman–Crippen LogP) is 2.14. The lowest BCUT2D eigenvalue weighted by atomic mass is 10.0. The van der Waals surface area contributed by atoms with Gasteiger partial charge < -0.3 is 15.2 Å². The first kappa shape index (κ1) is 15.5. The van der Waals surface area contributed by atoms with E-state index in [9.17, 15) is 4.79 Å². The first-order valence-corrected chi connectivity index (χ1v) is 5.98. The Balaban J connectivity index is 4.07. The third kappa shape index (κ3) is 7.77. The van der Waals surface area contributed by atoms with Crippen LogP contribution in [-0.2, 0) is 4.74 Å². The fourth-order valence-corrected chi connectivity index (χ4v) is 1.33. The van der Waals surface area contributed by atoms with E-state index in [1.165, 1.54) is 0 Å². The summed E-state index contributed by atoms with van der Waals surface area (Å²) in [5.74, 6) is 0.751. The maximum Gasteiger partial charge on any atom is 0.407 e. The summed E-state index contributed by atoms with van der Waals surface area (Å²) in [6, 6.07) is -0.302. The second-order valence-electron chi connectivity index (χ2n) is 5.02. The number of aliphatic hydroxyl groups excluding tert-OH is 1. The summed E-state index contributed by atoms with van der Waals surface area (Å²) in [7, 11) is 0. The highest BCUT2D eigenvalue weighted by molar-refractivity contribution is 6.18. The van der Waals surface area contributed by atoms with E-state index in [0.717, 1.165) is 0 Å². The van der Waals surface area contributed by atoms with Crippen molar-refractivity contribution in [3.63, 3.8) is 0 Å². The largest absolute Gasteiger partial charge is 0.444 e. The van der Waals surface area contributed by atoms with Gasteiger partial charge in [0.05, 0.1) is 12.6 Å². The van der Waals surface area contributed by atoms with Crippen molar-refractivity contribution in [3.05, 3.63) is 0 Å². The summed E-state index contributed by atoms with van der Waals surface area (Å²) >= 11 is 5.67. The minimum absolute atomic E-state index is 0.111. The molecule has 0 saturated heterocycles. The fraction of sp³-hybridized carbons (Fsp3) is 0.909. The van der Waals surface area contributed by atoms with Crippen molar-refractivity contribution < 1.29 is 14.6 Å². The summed E-state index contributed by atoms with van der Waals surface area (Å²) in [5.41, 5.74) is -0.526. The van der Waals surface area contributed by atoms with Gasteiger partial charge in [-0.25, -0.2) is 4.79 Å². The Morgan fingerprint density at radius 1 is 1.50 bits per heavy atom. The van der Waals surface area contributed by atoms with Crippen molar-refractivity contribution in [1.29, 1.82) is 0 Å². The molecule has 2 atom stereocenters. The van der Waals surface area contributed by atoms with Crippen molar-refractivity contribution in [2.45, 2.75) is 45.8 Å². The average Bonchev–Trinajstić information content (AvgIpc) is 2.13. The highest BCUT2D eigenvalue weighted by atomic mass is 35.5. The number of hydrogen-bond donors (Lipinski definition) is 2. The molecule has 0 aromatic heterocycles. The lowest BCUT2D eigenvalue weighted by Crippen LogP contribution is -2.41. The van der Waals surface area contributed by atoms with Gasteiger partial charge in [-0.3, -0.25) is 0 Å². The smallest absolute Gasteiger partial charge is 0.407 e. The van der Waals surface area contributed by atoms with E-state index in [-0.39, 0.29) is 18.6 Å². The Kier molecular flexibility index (Phi) is 6.76.